The third kappa shape index (κ3) is 3.85. The number of pyridine rings is 2. The van der Waals surface area contributed by atoms with Crippen LogP contribution in [0.5, 0.6) is 0 Å². The molecular weight excluding hydrogens is 473 g/mol. The van der Waals surface area contributed by atoms with E-state index in [0.717, 1.165) is 28.1 Å². The average Bonchev–Trinajstić information content (AvgIpc) is 3.38. The van der Waals surface area contributed by atoms with E-state index in [-0.39, 0.29) is 5.56 Å². The Labute approximate surface area is 203 Å². The van der Waals surface area contributed by atoms with Crippen LogP contribution in [-0.4, -0.2) is 25.2 Å². The van der Waals surface area contributed by atoms with Crippen LogP contribution in [-0.2, 0) is 4.79 Å². The summed E-state index contributed by atoms with van der Waals surface area (Å²) < 4.78 is 3.32. The smallest absolute Gasteiger partial charge is 0.255 e. The first-order valence-corrected chi connectivity index (χ1v) is 11.1. The van der Waals surface area contributed by atoms with E-state index in [9.17, 15) is 9.59 Å². The zero-order chi connectivity index (χ0) is 23.8. The first-order valence-electron chi connectivity index (χ1n) is 10.3. The topological polar surface area (TPSA) is 81.8 Å². The molecule has 2 aromatic carbocycles. The van der Waals surface area contributed by atoms with Gasteiger partial charge in [-0.3, -0.25) is 19.1 Å². The Balaban J connectivity index is 1.81. The summed E-state index contributed by atoms with van der Waals surface area (Å²) in [6.07, 6.45) is 6.41. The molecule has 0 saturated carbocycles. The van der Waals surface area contributed by atoms with Gasteiger partial charge in [-0.05, 0) is 48.5 Å². The standard InChI is InChI=1S/C25H17Cl2N5O2/c1-2-22(33)30-21-13-17(5-7-18(21)25(26)27)32-23(34)9-4-15-14-28-20-8-6-16(12-19(20)24(15)32)31-11-3-10-29-31/h2-14,25H,1H2,(H,30,33). The van der Waals surface area contributed by atoms with Crippen LogP contribution >= 0.6 is 23.2 Å². The SMILES string of the molecule is C=CC(=O)Nc1cc(-n2c(=O)ccc3cnc4ccc(-n5cccn5)cc4c32)ccc1C(Cl)Cl. The Bertz CT molecular complexity index is 1620. The molecule has 0 radical (unpaired) electrons. The number of fused-ring (bicyclic) bond motifs is 3. The molecule has 0 fully saturated rings. The number of hydrogen-bond donors (Lipinski definition) is 1. The van der Waals surface area contributed by atoms with Crippen LogP contribution in [0.25, 0.3) is 33.2 Å². The molecule has 0 saturated heterocycles. The van der Waals surface area contributed by atoms with Crippen molar-refractivity contribution in [3.8, 4) is 11.4 Å². The molecule has 0 aliphatic rings. The van der Waals surface area contributed by atoms with Crippen LogP contribution in [0.3, 0.4) is 0 Å². The zero-order valence-electron chi connectivity index (χ0n) is 17.7. The summed E-state index contributed by atoms with van der Waals surface area (Å²) in [5.74, 6) is -0.420. The minimum Gasteiger partial charge on any atom is -0.322 e. The number of alkyl halides is 2. The molecule has 0 unspecified atom stereocenters. The first-order chi connectivity index (χ1) is 16.5. The number of carbonyl (C=O) groups excluding carboxylic acids is 1. The van der Waals surface area contributed by atoms with Gasteiger partial charge in [0.15, 0.2) is 0 Å². The lowest BCUT2D eigenvalue weighted by Crippen LogP contribution is -2.18. The van der Waals surface area contributed by atoms with E-state index >= 15 is 0 Å². The number of halogens is 2. The van der Waals surface area contributed by atoms with E-state index in [2.05, 4.69) is 22.0 Å². The number of nitrogens with zero attached hydrogens (tertiary/aromatic N) is 4. The summed E-state index contributed by atoms with van der Waals surface area (Å²) >= 11 is 12.2. The van der Waals surface area contributed by atoms with Gasteiger partial charge in [0, 0.05) is 46.7 Å². The number of carbonyl (C=O) groups is 1. The number of hydrogen-bond acceptors (Lipinski definition) is 4. The van der Waals surface area contributed by atoms with E-state index in [1.807, 2.05) is 30.5 Å². The van der Waals surface area contributed by atoms with E-state index < -0.39 is 10.7 Å². The van der Waals surface area contributed by atoms with Gasteiger partial charge in [0.1, 0.15) is 4.84 Å². The fraction of sp³-hybridized carbons (Fsp3) is 0.0400. The van der Waals surface area contributed by atoms with Crippen molar-refractivity contribution >= 4 is 56.6 Å². The minimum absolute atomic E-state index is 0.244. The second-order valence-corrected chi connectivity index (χ2v) is 8.58. The molecule has 1 amide bonds. The fourth-order valence-electron chi connectivity index (χ4n) is 3.89. The van der Waals surface area contributed by atoms with Crippen molar-refractivity contribution in [2.75, 3.05) is 5.32 Å². The van der Waals surface area contributed by atoms with Crippen molar-refractivity contribution in [2.45, 2.75) is 4.84 Å². The Morgan fingerprint density at radius 3 is 2.65 bits per heavy atom. The maximum atomic E-state index is 13.2. The van der Waals surface area contributed by atoms with Crippen LogP contribution in [0.1, 0.15) is 10.4 Å². The van der Waals surface area contributed by atoms with Crippen molar-refractivity contribution in [1.82, 2.24) is 19.3 Å². The summed E-state index contributed by atoms with van der Waals surface area (Å²) in [5.41, 5.74) is 3.40. The predicted octanol–water partition coefficient (Wildman–Crippen LogP) is 5.33. The van der Waals surface area contributed by atoms with E-state index in [1.54, 1.807) is 45.9 Å². The average molecular weight is 490 g/mol. The highest BCUT2D eigenvalue weighted by Crippen LogP contribution is 2.34. The number of anilines is 1. The lowest BCUT2D eigenvalue weighted by Gasteiger charge is -2.17. The highest BCUT2D eigenvalue weighted by Gasteiger charge is 2.16. The lowest BCUT2D eigenvalue weighted by atomic mass is 10.1. The first kappa shape index (κ1) is 21.9. The number of aromatic nitrogens is 4. The molecule has 3 heterocycles. The summed E-state index contributed by atoms with van der Waals surface area (Å²) in [4.78, 5) is 28.9. The molecule has 5 aromatic rings. The second-order valence-electron chi connectivity index (χ2n) is 7.49. The summed E-state index contributed by atoms with van der Waals surface area (Å²) in [5, 5.41) is 8.57. The summed E-state index contributed by atoms with van der Waals surface area (Å²) in [6, 6.07) is 15.9. The van der Waals surface area contributed by atoms with Crippen LogP contribution < -0.4 is 10.9 Å². The van der Waals surface area contributed by atoms with Crippen molar-refractivity contribution < 1.29 is 4.79 Å². The third-order valence-electron chi connectivity index (χ3n) is 5.44. The van der Waals surface area contributed by atoms with Crippen molar-refractivity contribution in [1.29, 1.82) is 0 Å². The molecule has 0 aliphatic carbocycles. The molecule has 168 valence electrons. The lowest BCUT2D eigenvalue weighted by molar-refractivity contribution is -0.111. The minimum atomic E-state index is -0.875. The highest BCUT2D eigenvalue weighted by molar-refractivity contribution is 6.44. The van der Waals surface area contributed by atoms with Gasteiger partial charge in [0.05, 0.1) is 22.4 Å². The molecule has 9 heteroatoms. The zero-order valence-corrected chi connectivity index (χ0v) is 19.2. The van der Waals surface area contributed by atoms with Crippen LogP contribution in [0.15, 0.2) is 90.6 Å². The maximum Gasteiger partial charge on any atom is 0.255 e. The Morgan fingerprint density at radius 2 is 1.91 bits per heavy atom. The number of amides is 1. The van der Waals surface area contributed by atoms with Crippen molar-refractivity contribution in [2.24, 2.45) is 0 Å². The number of benzene rings is 2. The van der Waals surface area contributed by atoms with Gasteiger partial charge in [-0.15, -0.1) is 0 Å². The molecule has 1 N–H and O–H groups in total. The monoisotopic (exact) mass is 489 g/mol. The Morgan fingerprint density at radius 1 is 1.09 bits per heavy atom. The molecule has 0 aliphatic heterocycles. The Hall–Kier alpha value is -3.94. The quantitative estimate of drug-likeness (QED) is 0.205. The second kappa shape index (κ2) is 8.78. The van der Waals surface area contributed by atoms with Gasteiger partial charge >= 0.3 is 0 Å². The molecule has 0 atom stereocenters. The normalized spacial score (nSPS) is 11.3. The van der Waals surface area contributed by atoms with Gasteiger partial charge in [-0.25, -0.2) is 4.68 Å². The fourth-order valence-corrected chi connectivity index (χ4v) is 4.27. The third-order valence-corrected chi connectivity index (χ3v) is 5.91. The van der Waals surface area contributed by atoms with Gasteiger partial charge in [-0.1, -0.05) is 35.8 Å². The van der Waals surface area contributed by atoms with Gasteiger partial charge in [0.2, 0.25) is 5.91 Å². The van der Waals surface area contributed by atoms with E-state index in [4.69, 9.17) is 23.2 Å². The maximum absolute atomic E-state index is 13.2. The van der Waals surface area contributed by atoms with Crippen LogP contribution in [0, 0.1) is 0 Å². The molecule has 3 aromatic heterocycles. The molecule has 5 rings (SSSR count). The van der Waals surface area contributed by atoms with Crippen molar-refractivity contribution in [3.05, 3.63) is 102 Å². The van der Waals surface area contributed by atoms with Gasteiger partial charge in [0.25, 0.3) is 5.56 Å². The van der Waals surface area contributed by atoms with Gasteiger partial charge in [-0.2, -0.15) is 5.10 Å². The molecule has 0 spiro atoms. The van der Waals surface area contributed by atoms with E-state index in [1.165, 1.54) is 6.07 Å². The molecule has 34 heavy (non-hydrogen) atoms. The van der Waals surface area contributed by atoms with Crippen LogP contribution in [0.2, 0.25) is 0 Å². The predicted molar refractivity (Wildman–Crippen MR) is 135 cm³/mol. The number of rotatable bonds is 5. The van der Waals surface area contributed by atoms with Crippen LogP contribution in [0.4, 0.5) is 5.69 Å². The Kier molecular flexibility index (Phi) is 5.65. The summed E-state index contributed by atoms with van der Waals surface area (Å²) in [7, 11) is 0. The largest absolute Gasteiger partial charge is 0.322 e. The molecule has 7 nitrogen and oxygen atoms in total. The summed E-state index contributed by atoms with van der Waals surface area (Å²) in [6.45, 7) is 3.48. The van der Waals surface area contributed by atoms with Crippen molar-refractivity contribution in [3.63, 3.8) is 0 Å². The number of nitrogens with one attached hydrogen (secondary N) is 1. The van der Waals surface area contributed by atoms with Gasteiger partial charge < -0.3 is 5.32 Å². The molecule has 0 bridgehead atoms. The van der Waals surface area contributed by atoms with E-state index in [0.29, 0.717) is 22.5 Å². The molecular formula is C25H17Cl2N5O2. The highest BCUT2D eigenvalue weighted by atomic mass is 35.5.